The number of ether oxygens (including phenoxy) is 1. The van der Waals surface area contributed by atoms with Gasteiger partial charge in [-0.25, -0.2) is 0 Å². The number of carbonyl (C=O) groups excluding carboxylic acids is 1. The molecule has 1 N–H and O–H groups in total. The number of hydrogen-bond acceptors (Lipinski definition) is 4. The number of fused-ring (bicyclic) bond motifs is 1. The maximum atomic E-state index is 13.8. The van der Waals surface area contributed by atoms with Crippen LogP contribution >= 0.6 is 11.8 Å². The fourth-order valence-corrected chi connectivity index (χ4v) is 6.31. The summed E-state index contributed by atoms with van der Waals surface area (Å²) >= 11 is 1.63. The van der Waals surface area contributed by atoms with Crippen LogP contribution in [0.15, 0.2) is 71.6 Å². The van der Waals surface area contributed by atoms with E-state index in [0.717, 1.165) is 39.1 Å². The van der Waals surface area contributed by atoms with Crippen molar-refractivity contribution in [3.8, 4) is 5.75 Å². The molecule has 1 saturated heterocycles. The van der Waals surface area contributed by atoms with Crippen molar-refractivity contribution in [2.24, 2.45) is 5.92 Å². The van der Waals surface area contributed by atoms with Crippen molar-refractivity contribution in [2.75, 3.05) is 12.4 Å². The van der Waals surface area contributed by atoms with E-state index in [1.807, 2.05) is 42.5 Å². The summed E-state index contributed by atoms with van der Waals surface area (Å²) < 4.78 is 5.55. The van der Waals surface area contributed by atoms with Gasteiger partial charge in [0.1, 0.15) is 5.75 Å². The molecule has 0 spiro atoms. The van der Waals surface area contributed by atoms with E-state index in [9.17, 15) is 4.79 Å². The number of benzene rings is 3. The molecule has 0 aromatic heterocycles. The van der Waals surface area contributed by atoms with E-state index in [-0.39, 0.29) is 17.4 Å². The summed E-state index contributed by atoms with van der Waals surface area (Å²) in [6, 6.07) is 22.7. The minimum Gasteiger partial charge on any atom is -0.496 e. The summed E-state index contributed by atoms with van der Waals surface area (Å²) in [4.78, 5) is 16.7. The van der Waals surface area contributed by atoms with Gasteiger partial charge >= 0.3 is 0 Å². The van der Waals surface area contributed by atoms with E-state index < -0.39 is 0 Å². The summed E-state index contributed by atoms with van der Waals surface area (Å²) in [5.41, 5.74) is 1.97. The predicted molar refractivity (Wildman–Crippen MR) is 138 cm³/mol. The fraction of sp³-hybridized carbons (Fsp3) is 0.321. The van der Waals surface area contributed by atoms with Crippen LogP contribution in [0.25, 0.3) is 16.8 Å². The average Bonchev–Trinajstić information content (AvgIpc) is 3.14. The Bertz CT molecular complexity index is 1180. The van der Waals surface area contributed by atoms with Crippen LogP contribution < -0.4 is 10.1 Å². The first-order valence-electron chi connectivity index (χ1n) is 11.7. The van der Waals surface area contributed by atoms with Crippen LogP contribution in [0, 0.1) is 5.92 Å². The van der Waals surface area contributed by atoms with E-state index in [1.165, 1.54) is 19.3 Å². The molecule has 3 atom stereocenters. The van der Waals surface area contributed by atoms with Crippen LogP contribution in [0.3, 0.4) is 0 Å². The number of anilines is 1. The number of hydrogen-bond donors (Lipinski definition) is 1. The van der Waals surface area contributed by atoms with Crippen molar-refractivity contribution >= 4 is 40.2 Å². The van der Waals surface area contributed by atoms with Gasteiger partial charge in [-0.3, -0.25) is 4.79 Å². The van der Waals surface area contributed by atoms with Crippen molar-refractivity contribution in [3.05, 3.63) is 77.2 Å². The Morgan fingerprint density at radius 3 is 2.45 bits per heavy atom. The zero-order valence-corrected chi connectivity index (χ0v) is 20.0. The lowest BCUT2D eigenvalue weighted by Gasteiger charge is -2.39. The SMILES string of the molecule is COc1ccc(/C=C2\SC(Nc3ccccc3)N([C@H]3CCCC[C@@H]3C)C2=O)c2ccccc12. The van der Waals surface area contributed by atoms with Crippen LogP contribution in [0.1, 0.15) is 38.2 Å². The first kappa shape index (κ1) is 21.9. The van der Waals surface area contributed by atoms with Gasteiger partial charge in [-0.15, -0.1) is 0 Å². The Kier molecular flexibility index (Phi) is 6.32. The van der Waals surface area contributed by atoms with Gasteiger partial charge < -0.3 is 15.0 Å². The molecule has 1 aliphatic heterocycles. The maximum Gasteiger partial charge on any atom is 0.262 e. The molecule has 5 rings (SSSR count). The number of para-hydroxylation sites is 1. The second-order valence-electron chi connectivity index (χ2n) is 8.93. The second kappa shape index (κ2) is 9.52. The van der Waals surface area contributed by atoms with Crippen LogP contribution in [0.5, 0.6) is 5.75 Å². The molecule has 1 amide bonds. The third-order valence-electron chi connectivity index (χ3n) is 6.85. The van der Waals surface area contributed by atoms with Crippen molar-refractivity contribution in [3.63, 3.8) is 0 Å². The summed E-state index contributed by atoms with van der Waals surface area (Å²) in [5, 5.41) is 5.77. The standard InChI is InChI=1S/C28H30N2O2S/c1-19-10-6-9-15-24(19)30-27(31)26(33-28(30)29-21-11-4-3-5-12-21)18-20-16-17-25(32-2)23-14-8-7-13-22(20)23/h3-5,7-8,11-14,16-19,24,28-29H,6,9-10,15H2,1-2H3/b26-18-/t19-,24-,28?/m0/s1. The van der Waals surface area contributed by atoms with Gasteiger partial charge in [0.2, 0.25) is 0 Å². The predicted octanol–water partition coefficient (Wildman–Crippen LogP) is 6.74. The van der Waals surface area contributed by atoms with Crippen molar-refractivity contribution in [1.29, 1.82) is 0 Å². The normalized spacial score (nSPS) is 24.4. The van der Waals surface area contributed by atoms with Crippen LogP contribution in [0.4, 0.5) is 5.69 Å². The van der Waals surface area contributed by atoms with Crippen molar-refractivity contribution in [2.45, 2.75) is 44.1 Å². The molecule has 1 heterocycles. The summed E-state index contributed by atoms with van der Waals surface area (Å²) in [6.45, 7) is 2.29. The number of amides is 1. The molecule has 170 valence electrons. The van der Waals surface area contributed by atoms with Gasteiger partial charge in [-0.2, -0.15) is 0 Å². The van der Waals surface area contributed by atoms with Gasteiger partial charge in [-0.1, -0.05) is 80.1 Å². The number of methoxy groups -OCH3 is 1. The molecule has 5 heteroatoms. The lowest BCUT2D eigenvalue weighted by atomic mass is 9.85. The minimum absolute atomic E-state index is 0.110. The molecular weight excluding hydrogens is 428 g/mol. The average molecular weight is 459 g/mol. The first-order valence-corrected chi connectivity index (χ1v) is 12.6. The van der Waals surface area contributed by atoms with Gasteiger partial charge in [-0.05, 0) is 54.0 Å². The quantitative estimate of drug-likeness (QED) is 0.430. The number of carbonyl (C=O) groups is 1. The molecule has 1 aliphatic carbocycles. The van der Waals surface area contributed by atoms with Gasteiger partial charge in [0.15, 0.2) is 5.50 Å². The molecular formula is C28H30N2O2S. The van der Waals surface area contributed by atoms with Crippen molar-refractivity contribution in [1.82, 2.24) is 4.90 Å². The van der Waals surface area contributed by atoms with Crippen LogP contribution in [-0.2, 0) is 4.79 Å². The van der Waals surface area contributed by atoms with E-state index in [0.29, 0.717) is 5.92 Å². The molecule has 3 aromatic rings. The monoisotopic (exact) mass is 458 g/mol. The molecule has 0 radical (unpaired) electrons. The van der Waals surface area contributed by atoms with Crippen LogP contribution in [-0.4, -0.2) is 29.5 Å². The third kappa shape index (κ3) is 4.34. The molecule has 0 bridgehead atoms. The lowest BCUT2D eigenvalue weighted by molar-refractivity contribution is -0.129. The van der Waals surface area contributed by atoms with Gasteiger partial charge in [0.25, 0.3) is 5.91 Å². The zero-order chi connectivity index (χ0) is 22.8. The molecule has 33 heavy (non-hydrogen) atoms. The van der Waals surface area contributed by atoms with Gasteiger partial charge in [0, 0.05) is 17.1 Å². The van der Waals surface area contributed by atoms with E-state index in [2.05, 4.69) is 47.5 Å². The zero-order valence-electron chi connectivity index (χ0n) is 19.2. The molecule has 2 aliphatic rings. The molecule has 1 saturated carbocycles. The Morgan fingerprint density at radius 2 is 1.70 bits per heavy atom. The number of thioether (sulfide) groups is 1. The Balaban J connectivity index is 1.53. The Morgan fingerprint density at radius 1 is 0.970 bits per heavy atom. The molecule has 1 unspecified atom stereocenters. The molecule has 4 nitrogen and oxygen atoms in total. The lowest BCUT2D eigenvalue weighted by Crippen LogP contribution is -2.48. The fourth-order valence-electron chi connectivity index (χ4n) is 5.11. The summed E-state index contributed by atoms with van der Waals surface area (Å²) in [7, 11) is 1.69. The highest BCUT2D eigenvalue weighted by atomic mass is 32.2. The minimum atomic E-state index is -0.110. The van der Waals surface area contributed by atoms with E-state index in [1.54, 1.807) is 18.9 Å². The van der Waals surface area contributed by atoms with E-state index >= 15 is 0 Å². The third-order valence-corrected chi connectivity index (χ3v) is 7.96. The highest BCUT2D eigenvalue weighted by Crippen LogP contribution is 2.43. The molecule has 2 fully saturated rings. The Hall–Kier alpha value is -2.92. The number of nitrogens with zero attached hydrogens (tertiary/aromatic N) is 1. The smallest absolute Gasteiger partial charge is 0.262 e. The van der Waals surface area contributed by atoms with Gasteiger partial charge in [0.05, 0.1) is 12.0 Å². The summed E-state index contributed by atoms with van der Waals surface area (Å²) in [6.07, 6.45) is 6.74. The molecule has 3 aromatic carbocycles. The maximum absolute atomic E-state index is 13.8. The van der Waals surface area contributed by atoms with Crippen LogP contribution in [0.2, 0.25) is 0 Å². The Labute approximate surface area is 200 Å². The second-order valence-corrected chi connectivity index (χ2v) is 10.1. The topological polar surface area (TPSA) is 41.6 Å². The number of nitrogens with one attached hydrogen (secondary N) is 1. The summed E-state index contributed by atoms with van der Waals surface area (Å²) in [5.74, 6) is 1.48. The van der Waals surface area contributed by atoms with E-state index in [4.69, 9.17) is 4.74 Å². The highest BCUT2D eigenvalue weighted by Gasteiger charge is 2.42. The van der Waals surface area contributed by atoms with Crippen molar-refractivity contribution < 1.29 is 9.53 Å². The largest absolute Gasteiger partial charge is 0.496 e. The number of rotatable bonds is 5. The highest BCUT2D eigenvalue weighted by molar-refractivity contribution is 8.05. The first-order chi connectivity index (χ1) is 16.2.